The van der Waals surface area contributed by atoms with Crippen molar-refractivity contribution in [1.29, 1.82) is 0 Å². The Bertz CT molecular complexity index is 1340. The Balaban J connectivity index is 1.44. The lowest BCUT2D eigenvalue weighted by molar-refractivity contribution is -0.138. The maximum atomic E-state index is 14.0. The van der Waals surface area contributed by atoms with Crippen molar-refractivity contribution in [1.82, 2.24) is 9.80 Å². The summed E-state index contributed by atoms with van der Waals surface area (Å²) in [6.45, 7) is 14.3. The van der Waals surface area contributed by atoms with Crippen molar-refractivity contribution in [2.45, 2.75) is 116 Å². The predicted octanol–water partition coefficient (Wildman–Crippen LogP) is 8.00. The molecule has 2 aromatic carbocycles. The van der Waals surface area contributed by atoms with Gasteiger partial charge in [0.2, 0.25) is 0 Å². The molecule has 0 saturated heterocycles. The van der Waals surface area contributed by atoms with E-state index in [-0.39, 0.29) is 47.4 Å². The third kappa shape index (κ3) is 4.87. The van der Waals surface area contributed by atoms with Crippen LogP contribution in [-0.2, 0) is 19.3 Å². The number of hydrogen-bond donors (Lipinski definition) is 0. The Kier molecular flexibility index (Phi) is 6.67. The Morgan fingerprint density at radius 1 is 0.846 bits per heavy atom. The number of amides is 2. The van der Waals surface area contributed by atoms with Gasteiger partial charge in [-0.1, -0.05) is 26.8 Å². The van der Waals surface area contributed by atoms with Gasteiger partial charge in [-0.05, 0) is 111 Å². The van der Waals surface area contributed by atoms with Crippen LogP contribution in [0.25, 0.3) is 0 Å². The zero-order chi connectivity index (χ0) is 28.6. The summed E-state index contributed by atoms with van der Waals surface area (Å²) in [6, 6.07) is 7.23. The van der Waals surface area contributed by atoms with E-state index < -0.39 is 17.3 Å². The number of fused-ring (bicyclic) bond motifs is 2. The lowest BCUT2D eigenvalue weighted by atomic mass is 9.83. The first-order valence-corrected chi connectivity index (χ1v) is 14.1. The molecular formula is C32H39F3N2O2. The summed E-state index contributed by atoms with van der Waals surface area (Å²) in [5, 5.41) is 0. The number of nitrogens with zero attached hydrogens (tertiary/aromatic N) is 2. The molecule has 2 amide bonds. The summed E-state index contributed by atoms with van der Waals surface area (Å²) in [7, 11) is 0. The van der Waals surface area contributed by atoms with Gasteiger partial charge >= 0.3 is 6.18 Å². The van der Waals surface area contributed by atoms with Crippen LogP contribution in [0.2, 0.25) is 0 Å². The topological polar surface area (TPSA) is 40.6 Å². The third-order valence-electron chi connectivity index (χ3n) is 8.91. The molecule has 5 rings (SSSR count). The van der Waals surface area contributed by atoms with Crippen LogP contribution in [0.4, 0.5) is 13.2 Å². The van der Waals surface area contributed by atoms with E-state index in [4.69, 9.17) is 0 Å². The summed E-state index contributed by atoms with van der Waals surface area (Å²) in [4.78, 5) is 30.3. The van der Waals surface area contributed by atoms with Crippen LogP contribution in [-0.4, -0.2) is 33.2 Å². The van der Waals surface area contributed by atoms with Gasteiger partial charge < -0.3 is 9.80 Å². The van der Waals surface area contributed by atoms with E-state index in [9.17, 15) is 22.8 Å². The highest BCUT2D eigenvalue weighted by atomic mass is 19.4. The molecule has 7 heteroatoms. The molecule has 39 heavy (non-hydrogen) atoms. The van der Waals surface area contributed by atoms with Crippen molar-refractivity contribution in [3.05, 3.63) is 68.8 Å². The first kappa shape index (κ1) is 27.7. The first-order chi connectivity index (χ1) is 18.1. The Morgan fingerprint density at radius 2 is 1.46 bits per heavy atom. The molecule has 1 atom stereocenters. The molecule has 4 nitrogen and oxygen atoms in total. The molecule has 0 N–H and O–H groups in total. The highest BCUT2D eigenvalue weighted by molar-refractivity contribution is 6.00. The summed E-state index contributed by atoms with van der Waals surface area (Å²) in [5.74, 6) is 0.102. The number of hydrogen-bond acceptors (Lipinski definition) is 2. The molecule has 2 aliphatic heterocycles. The zero-order valence-electron chi connectivity index (χ0n) is 24.0. The number of carbonyl (C=O) groups excluding carboxylic acids is 2. The van der Waals surface area contributed by atoms with Gasteiger partial charge in [-0.25, -0.2) is 0 Å². The van der Waals surface area contributed by atoms with Crippen molar-refractivity contribution in [2.24, 2.45) is 0 Å². The predicted molar refractivity (Wildman–Crippen MR) is 146 cm³/mol. The minimum atomic E-state index is -4.53. The second kappa shape index (κ2) is 9.38. The lowest BCUT2D eigenvalue weighted by Crippen LogP contribution is -2.44. The van der Waals surface area contributed by atoms with Gasteiger partial charge in [0.15, 0.2) is 0 Å². The van der Waals surface area contributed by atoms with Crippen molar-refractivity contribution in [3.63, 3.8) is 0 Å². The molecule has 0 spiro atoms. The van der Waals surface area contributed by atoms with Gasteiger partial charge in [-0.15, -0.1) is 0 Å². The van der Waals surface area contributed by atoms with Crippen molar-refractivity contribution in [2.75, 3.05) is 0 Å². The molecule has 210 valence electrons. The number of rotatable bonds is 7. The molecule has 0 bridgehead atoms. The maximum Gasteiger partial charge on any atom is 0.416 e. The standard InChI is InChI=1S/C32H39F3N2O2/c1-17(2)21-10-25-27(28(13-21)32(33,34)35)16-37(30(25)39)31(6,7)14-19(5)22-11-23(20-8-9-20)26-15-36(18(3)4)29(38)24(26)12-22/h10-13,17-20H,8-9,14-16H2,1-7H3. The van der Waals surface area contributed by atoms with E-state index in [1.54, 1.807) is 11.0 Å². The van der Waals surface area contributed by atoms with E-state index in [1.165, 1.54) is 11.6 Å². The molecule has 2 aromatic rings. The average Bonchev–Trinajstić information content (AvgIpc) is 3.55. The Labute approximate surface area is 229 Å². The van der Waals surface area contributed by atoms with Gasteiger partial charge in [-0.2, -0.15) is 13.2 Å². The van der Waals surface area contributed by atoms with Gasteiger partial charge in [0, 0.05) is 35.8 Å². The van der Waals surface area contributed by atoms with Crippen molar-refractivity contribution >= 4 is 11.8 Å². The molecule has 3 aliphatic rings. The number of benzene rings is 2. The van der Waals surface area contributed by atoms with Gasteiger partial charge in [0.1, 0.15) is 0 Å². The average molecular weight is 541 g/mol. The monoisotopic (exact) mass is 540 g/mol. The minimum Gasteiger partial charge on any atom is -0.332 e. The molecule has 0 radical (unpaired) electrons. The number of carbonyl (C=O) groups is 2. The van der Waals surface area contributed by atoms with Gasteiger partial charge in [-0.3, -0.25) is 9.59 Å². The summed E-state index contributed by atoms with van der Waals surface area (Å²) >= 11 is 0. The zero-order valence-corrected chi connectivity index (χ0v) is 24.0. The lowest BCUT2D eigenvalue weighted by Gasteiger charge is -2.38. The molecule has 1 fully saturated rings. The second-order valence-electron chi connectivity index (χ2n) is 13.0. The number of alkyl halides is 3. The van der Waals surface area contributed by atoms with Crippen LogP contribution in [0.3, 0.4) is 0 Å². The second-order valence-corrected chi connectivity index (χ2v) is 13.0. The molecule has 1 unspecified atom stereocenters. The van der Waals surface area contributed by atoms with Crippen LogP contribution in [0, 0.1) is 0 Å². The molecule has 2 heterocycles. The van der Waals surface area contributed by atoms with E-state index in [2.05, 4.69) is 13.0 Å². The Hall–Kier alpha value is -2.83. The van der Waals surface area contributed by atoms with E-state index in [0.29, 0.717) is 24.4 Å². The van der Waals surface area contributed by atoms with E-state index >= 15 is 0 Å². The Morgan fingerprint density at radius 3 is 2.03 bits per heavy atom. The molecule has 1 aliphatic carbocycles. The smallest absolute Gasteiger partial charge is 0.332 e. The molecule has 1 saturated carbocycles. The highest BCUT2D eigenvalue weighted by Crippen LogP contribution is 2.47. The van der Waals surface area contributed by atoms with Crippen LogP contribution < -0.4 is 0 Å². The summed E-state index contributed by atoms with van der Waals surface area (Å²) in [6.07, 6.45) is -1.70. The SMILES string of the molecule is CC(C)c1cc2c(c(C(F)(F)F)c1)CN(C(C)(C)CC(C)c1cc3c(c(C4CC4)c1)CN(C(C)C)C3=O)C2=O. The van der Waals surface area contributed by atoms with Crippen LogP contribution in [0.5, 0.6) is 0 Å². The first-order valence-electron chi connectivity index (χ1n) is 14.1. The summed E-state index contributed by atoms with van der Waals surface area (Å²) in [5.41, 5.74) is 3.63. The minimum absolute atomic E-state index is 0.00789. The third-order valence-corrected chi connectivity index (χ3v) is 8.91. The van der Waals surface area contributed by atoms with Crippen LogP contribution >= 0.6 is 0 Å². The molecular weight excluding hydrogens is 501 g/mol. The maximum absolute atomic E-state index is 14.0. The number of halogens is 3. The molecule has 0 aromatic heterocycles. The largest absolute Gasteiger partial charge is 0.416 e. The van der Waals surface area contributed by atoms with E-state index in [0.717, 1.165) is 29.5 Å². The van der Waals surface area contributed by atoms with Crippen molar-refractivity contribution in [3.8, 4) is 0 Å². The quantitative estimate of drug-likeness (QED) is 0.357. The fourth-order valence-corrected chi connectivity index (χ4v) is 6.43. The fourth-order valence-electron chi connectivity index (χ4n) is 6.43. The normalized spacial score (nSPS) is 18.5. The van der Waals surface area contributed by atoms with Crippen LogP contribution in [0.15, 0.2) is 24.3 Å². The van der Waals surface area contributed by atoms with Gasteiger partial charge in [0.05, 0.1) is 5.56 Å². The highest BCUT2D eigenvalue weighted by Gasteiger charge is 2.45. The van der Waals surface area contributed by atoms with Crippen molar-refractivity contribution < 1.29 is 22.8 Å². The van der Waals surface area contributed by atoms with Gasteiger partial charge in [0.25, 0.3) is 11.8 Å². The van der Waals surface area contributed by atoms with E-state index in [1.807, 2.05) is 52.5 Å². The fraction of sp³-hybridized carbons (Fsp3) is 0.562. The summed E-state index contributed by atoms with van der Waals surface area (Å²) < 4.78 is 42.1. The van der Waals surface area contributed by atoms with Crippen LogP contribution in [0.1, 0.15) is 140 Å².